The van der Waals surface area contributed by atoms with Gasteiger partial charge in [0.2, 0.25) is 0 Å². The first kappa shape index (κ1) is 28.3. The highest BCUT2D eigenvalue weighted by Crippen LogP contribution is 2.33. The van der Waals surface area contributed by atoms with Crippen molar-refractivity contribution in [2.45, 2.75) is 32.2 Å². The van der Waals surface area contributed by atoms with Crippen molar-refractivity contribution in [3.63, 3.8) is 0 Å². The number of aromatic amines is 2. The van der Waals surface area contributed by atoms with Crippen molar-refractivity contribution in [2.75, 3.05) is 25.1 Å². The Balaban J connectivity index is 1.23. The van der Waals surface area contributed by atoms with Crippen LogP contribution in [0.4, 0.5) is 4.39 Å². The Morgan fingerprint density at radius 3 is 2.52 bits per heavy atom. The van der Waals surface area contributed by atoms with Gasteiger partial charge in [0.15, 0.2) is 5.82 Å². The number of benzene rings is 2. The van der Waals surface area contributed by atoms with E-state index in [1.807, 2.05) is 18.5 Å². The molecule has 0 bridgehead atoms. The monoisotopic (exact) mass is 609 g/mol. The van der Waals surface area contributed by atoms with E-state index in [0.29, 0.717) is 39.2 Å². The summed E-state index contributed by atoms with van der Waals surface area (Å²) < 4.78 is 38.0. The minimum atomic E-state index is -3.18. The minimum absolute atomic E-state index is 0.0576. The van der Waals surface area contributed by atoms with Crippen LogP contribution >= 0.6 is 0 Å². The van der Waals surface area contributed by atoms with Crippen LogP contribution in [0.15, 0.2) is 67.3 Å². The van der Waals surface area contributed by atoms with E-state index < -0.39 is 15.7 Å². The van der Waals surface area contributed by atoms with Gasteiger partial charge in [0.05, 0.1) is 28.5 Å². The number of H-pyrrole nitrogens is 2. The summed E-state index contributed by atoms with van der Waals surface area (Å²) in [7, 11) is -3.18. The predicted molar refractivity (Wildman–Crippen MR) is 170 cm³/mol. The number of fused-ring (bicyclic) bond motifs is 2. The van der Waals surface area contributed by atoms with Crippen LogP contribution in [0.2, 0.25) is 0 Å². The van der Waals surface area contributed by atoms with E-state index in [2.05, 4.69) is 48.2 Å². The van der Waals surface area contributed by atoms with Gasteiger partial charge in [-0.3, -0.25) is 20.0 Å². The molecule has 1 fully saturated rings. The zero-order chi connectivity index (χ0) is 30.3. The van der Waals surface area contributed by atoms with Gasteiger partial charge in [0, 0.05) is 47.9 Å². The second kappa shape index (κ2) is 11.5. The fourth-order valence-corrected chi connectivity index (χ4v) is 6.60. The van der Waals surface area contributed by atoms with Crippen molar-refractivity contribution < 1.29 is 12.8 Å². The summed E-state index contributed by atoms with van der Waals surface area (Å²) >= 11 is 0. The third-order valence-electron chi connectivity index (χ3n) is 8.19. The Bertz CT molecular complexity index is 2100. The van der Waals surface area contributed by atoms with Crippen molar-refractivity contribution in [1.29, 1.82) is 0 Å². The maximum absolute atomic E-state index is 14.6. The van der Waals surface area contributed by atoms with Crippen LogP contribution in [0.25, 0.3) is 55.7 Å². The van der Waals surface area contributed by atoms with E-state index in [1.165, 1.54) is 43.2 Å². The summed E-state index contributed by atoms with van der Waals surface area (Å²) in [5.41, 5.74) is 7.94. The van der Waals surface area contributed by atoms with Crippen LogP contribution in [-0.2, 0) is 22.8 Å². The Kier molecular flexibility index (Phi) is 7.43. The van der Waals surface area contributed by atoms with Gasteiger partial charge in [-0.15, -0.1) is 0 Å². The van der Waals surface area contributed by atoms with Crippen LogP contribution < -0.4 is 0 Å². The van der Waals surface area contributed by atoms with Gasteiger partial charge >= 0.3 is 0 Å². The molecule has 2 N–H and O–H groups in total. The number of sulfone groups is 1. The average molecular weight is 610 g/mol. The Hall–Kier alpha value is -4.48. The van der Waals surface area contributed by atoms with E-state index in [9.17, 15) is 12.8 Å². The molecule has 0 amide bonds. The standard InChI is InChI=1S/C33H32FN7O2S/c1-44(42,43)10-7-21-11-24(14-26(34)13-21)28-18-36-19-30-31(28)38-33(37-30)32-27-15-23(5-6-29(27)39-40-32)25-12-22(16-35-17-25)20-41-8-3-2-4-9-41/h5-6,11-19H,2-4,7-10,20H2,1H3,(H,37,38)(H,39,40). The van der Waals surface area contributed by atoms with E-state index in [0.717, 1.165) is 41.7 Å². The minimum Gasteiger partial charge on any atom is -0.335 e. The summed E-state index contributed by atoms with van der Waals surface area (Å²) in [5, 5.41) is 8.61. The number of halogens is 1. The Labute approximate surface area is 254 Å². The predicted octanol–water partition coefficient (Wildman–Crippen LogP) is 5.94. The number of pyridine rings is 2. The number of aromatic nitrogens is 6. The molecule has 6 aromatic rings. The first-order chi connectivity index (χ1) is 21.3. The summed E-state index contributed by atoms with van der Waals surface area (Å²) in [6.07, 6.45) is 12.4. The fourth-order valence-electron chi connectivity index (χ4n) is 5.99. The number of hydrogen-bond acceptors (Lipinski definition) is 7. The van der Waals surface area contributed by atoms with Crippen LogP contribution in [0.5, 0.6) is 0 Å². The van der Waals surface area contributed by atoms with Crippen molar-refractivity contribution in [3.05, 3.63) is 84.2 Å². The van der Waals surface area contributed by atoms with Crippen molar-refractivity contribution in [2.24, 2.45) is 0 Å². The number of piperidine rings is 1. The van der Waals surface area contributed by atoms with Gasteiger partial charge in [0.25, 0.3) is 0 Å². The smallest absolute Gasteiger partial charge is 0.159 e. The molecule has 1 aliphatic rings. The lowest BCUT2D eigenvalue weighted by Gasteiger charge is -2.26. The number of aryl methyl sites for hydroxylation is 1. The maximum Gasteiger partial charge on any atom is 0.159 e. The zero-order valence-corrected chi connectivity index (χ0v) is 25.2. The van der Waals surface area contributed by atoms with Gasteiger partial charge in [-0.25, -0.2) is 17.8 Å². The van der Waals surface area contributed by atoms with E-state index in [4.69, 9.17) is 4.98 Å². The third-order valence-corrected chi connectivity index (χ3v) is 9.14. The number of nitrogens with one attached hydrogen (secondary N) is 2. The molecule has 0 saturated carbocycles. The van der Waals surface area contributed by atoms with Crippen LogP contribution in [0, 0.1) is 5.82 Å². The molecular weight excluding hydrogens is 577 g/mol. The number of hydrogen-bond donors (Lipinski definition) is 2. The Morgan fingerprint density at radius 1 is 0.864 bits per heavy atom. The molecule has 44 heavy (non-hydrogen) atoms. The summed E-state index contributed by atoms with van der Waals surface area (Å²) in [6.45, 7) is 3.17. The summed E-state index contributed by atoms with van der Waals surface area (Å²) in [6, 6.07) is 13.0. The molecule has 5 heterocycles. The topological polar surface area (TPSA) is 121 Å². The molecular formula is C33H32FN7O2S. The molecule has 1 saturated heterocycles. The molecule has 224 valence electrons. The molecule has 0 atom stereocenters. The molecule has 11 heteroatoms. The number of nitrogens with zero attached hydrogens (tertiary/aromatic N) is 5. The molecule has 4 aromatic heterocycles. The number of likely N-dealkylation sites (tertiary alicyclic amines) is 1. The SMILES string of the molecule is CS(=O)(=O)CCc1cc(F)cc(-c2cncc3[nH]c(-c4n[nH]c5ccc(-c6cncc(CN7CCCCC7)c6)cc45)nc23)c1. The maximum atomic E-state index is 14.6. The van der Waals surface area contributed by atoms with Crippen LogP contribution in [0.1, 0.15) is 30.4 Å². The van der Waals surface area contributed by atoms with Gasteiger partial charge in [-0.2, -0.15) is 5.10 Å². The largest absolute Gasteiger partial charge is 0.335 e. The fraction of sp³-hybridized carbons (Fsp3) is 0.273. The summed E-state index contributed by atoms with van der Waals surface area (Å²) in [4.78, 5) is 19.6. The molecule has 9 nitrogen and oxygen atoms in total. The van der Waals surface area contributed by atoms with Crippen LogP contribution in [-0.4, -0.2) is 68.5 Å². The van der Waals surface area contributed by atoms with Crippen molar-refractivity contribution in [3.8, 4) is 33.8 Å². The molecule has 0 spiro atoms. The molecule has 0 unspecified atom stereocenters. The van der Waals surface area contributed by atoms with E-state index in [-0.39, 0.29) is 12.2 Å². The number of imidazole rings is 1. The molecule has 2 aromatic carbocycles. The highest BCUT2D eigenvalue weighted by Gasteiger charge is 2.18. The van der Waals surface area contributed by atoms with Gasteiger partial charge in [-0.1, -0.05) is 18.6 Å². The Morgan fingerprint density at radius 2 is 1.68 bits per heavy atom. The third kappa shape index (κ3) is 5.97. The van der Waals surface area contributed by atoms with E-state index in [1.54, 1.807) is 18.5 Å². The first-order valence-electron chi connectivity index (χ1n) is 14.8. The lowest BCUT2D eigenvalue weighted by molar-refractivity contribution is 0.220. The zero-order valence-electron chi connectivity index (χ0n) is 24.3. The van der Waals surface area contributed by atoms with Crippen LogP contribution in [0.3, 0.4) is 0 Å². The molecule has 7 rings (SSSR count). The van der Waals surface area contributed by atoms with Crippen molar-refractivity contribution >= 4 is 31.8 Å². The number of rotatable bonds is 8. The first-order valence-corrected chi connectivity index (χ1v) is 16.8. The lowest BCUT2D eigenvalue weighted by atomic mass is 10.0. The normalized spacial score (nSPS) is 14.5. The highest BCUT2D eigenvalue weighted by molar-refractivity contribution is 7.90. The summed E-state index contributed by atoms with van der Waals surface area (Å²) in [5.74, 6) is 0.0557. The van der Waals surface area contributed by atoms with Crippen molar-refractivity contribution in [1.82, 2.24) is 35.0 Å². The van der Waals surface area contributed by atoms with E-state index >= 15 is 0 Å². The van der Waals surface area contributed by atoms with Gasteiger partial charge < -0.3 is 4.98 Å². The van der Waals surface area contributed by atoms with Gasteiger partial charge in [0.1, 0.15) is 21.3 Å². The second-order valence-electron chi connectivity index (χ2n) is 11.6. The average Bonchev–Trinajstić information content (AvgIpc) is 3.64. The molecule has 0 aliphatic carbocycles. The van der Waals surface area contributed by atoms with Gasteiger partial charge in [-0.05, 0) is 84.9 Å². The molecule has 0 radical (unpaired) electrons. The lowest BCUT2D eigenvalue weighted by Crippen LogP contribution is -2.29. The quantitative estimate of drug-likeness (QED) is 0.219. The highest BCUT2D eigenvalue weighted by atomic mass is 32.2. The molecule has 1 aliphatic heterocycles. The second-order valence-corrected chi connectivity index (χ2v) is 13.9.